The van der Waals surface area contributed by atoms with Gasteiger partial charge in [0.05, 0.1) is 16.2 Å². The molecule has 0 saturated carbocycles. The third-order valence-electron chi connectivity index (χ3n) is 3.28. The Kier molecular flexibility index (Phi) is 4.42. The van der Waals surface area contributed by atoms with E-state index in [-0.39, 0.29) is 23.9 Å². The molecule has 10 nitrogen and oxygen atoms in total. The van der Waals surface area contributed by atoms with Gasteiger partial charge in [-0.15, -0.1) is 11.8 Å². The van der Waals surface area contributed by atoms with Gasteiger partial charge in [-0.05, 0) is 6.07 Å². The number of aromatic nitrogens is 3. The minimum atomic E-state index is -0.654. The summed E-state index contributed by atoms with van der Waals surface area (Å²) in [5, 5.41) is 15.5. The summed E-state index contributed by atoms with van der Waals surface area (Å²) in [4.78, 5) is 38.5. The minimum Gasteiger partial charge on any atom is -0.272 e. The average molecular weight is 348 g/mol. The smallest absolute Gasteiger partial charge is 0.272 e. The maximum Gasteiger partial charge on any atom is 0.275 e. The summed E-state index contributed by atoms with van der Waals surface area (Å²) in [5.74, 6) is -0.671. The standard InChI is InChI=1S/C13H12N6O4S/c20-11(5-17-8-14-7-15-17)16-18-12(21)6-24-13(18)9-3-1-2-4-10(9)19(22)23/h1-4,7-8,13H,5-6H2,(H,16,20). The molecule has 24 heavy (non-hydrogen) atoms. The molecule has 124 valence electrons. The second kappa shape index (κ2) is 6.66. The largest absolute Gasteiger partial charge is 0.275 e. The van der Waals surface area contributed by atoms with E-state index in [0.29, 0.717) is 5.56 Å². The van der Waals surface area contributed by atoms with Crippen LogP contribution in [-0.2, 0) is 16.1 Å². The Morgan fingerprint density at radius 3 is 2.96 bits per heavy atom. The summed E-state index contributed by atoms with van der Waals surface area (Å²) >= 11 is 1.22. The lowest BCUT2D eigenvalue weighted by Crippen LogP contribution is -2.45. The number of nitrogens with zero attached hydrogens (tertiary/aromatic N) is 5. The minimum absolute atomic E-state index is 0.0970. The van der Waals surface area contributed by atoms with Crippen molar-refractivity contribution < 1.29 is 14.5 Å². The molecule has 1 aliphatic heterocycles. The van der Waals surface area contributed by atoms with Crippen LogP contribution in [0.4, 0.5) is 5.69 Å². The maximum absolute atomic E-state index is 12.1. The van der Waals surface area contributed by atoms with Crippen molar-refractivity contribution in [1.29, 1.82) is 0 Å². The summed E-state index contributed by atoms with van der Waals surface area (Å²) in [6.07, 6.45) is 2.67. The van der Waals surface area contributed by atoms with Crippen LogP contribution in [0.2, 0.25) is 0 Å². The first kappa shape index (κ1) is 15.9. The number of nitrogens with one attached hydrogen (secondary N) is 1. The summed E-state index contributed by atoms with van der Waals surface area (Å²) in [7, 11) is 0. The van der Waals surface area contributed by atoms with Gasteiger partial charge in [0, 0.05) is 6.07 Å². The van der Waals surface area contributed by atoms with E-state index < -0.39 is 16.2 Å². The molecule has 2 aromatic rings. The Hall–Kier alpha value is -2.95. The number of nitro benzene ring substituents is 1. The molecular weight excluding hydrogens is 336 g/mol. The Morgan fingerprint density at radius 1 is 1.46 bits per heavy atom. The van der Waals surface area contributed by atoms with Gasteiger partial charge in [0.25, 0.3) is 17.5 Å². The molecule has 1 unspecified atom stereocenters. The van der Waals surface area contributed by atoms with Gasteiger partial charge in [-0.3, -0.25) is 25.1 Å². The lowest BCUT2D eigenvalue weighted by atomic mass is 10.1. The van der Waals surface area contributed by atoms with E-state index in [4.69, 9.17) is 0 Å². The molecule has 3 rings (SSSR count). The van der Waals surface area contributed by atoms with E-state index in [1.165, 1.54) is 35.2 Å². The van der Waals surface area contributed by atoms with Crippen molar-refractivity contribution >= 4 is 29.3 Å². The van der Waals surface area contributed by atoms with Gasteiger partial charge in [-0.2, -0.15) is 5.10 Å². The number of thioether (sulfide) groups is 1. The first-order valence-electron chi connectivity index (χ1n) is 6.85. The quantitative estimate of drug-likeness (QED) is 0.616. The third-order valence-corrected chi connectivity index (χ3v) is 4.48. The molecule has 2 amide bonds. The molecule has 0 bridgehead atoms. The monoisotopic (exact) mass is 348 g/mol. The van der Waals surface area contributed by atoms with Gasteiger partial charge in [0.1, 0.15) is 24.6 Å². The molecule has 0 radical (unpaired) electrons. The molecule has 11 heteroatoms. The molecule has 1 aromatic carbocycles. The summed E-state index contributed by atoms with van der Waals surface area (Å²) in [5.41, 5.74) is 2.76. The van der Waals surface area contributed by atoms with Crippen LogP contribution in [0.5, 0.6) is 0 Å². The van der Waals surface area contributed by atoms with E-state index in [1.54, 1.807) is 18.2 Å². The van der Waals surface area contributed by atoms with Crippen LogP contribution in [0.1, 0.15) is 10.9 Å². The fourth-order valence-corrected chi connectivity index (χ4v) is 3.41. The third kappa shape index (κ3) is 3.20. The second-order valence-corrected chi connectivity index (χ2v) is 5.94. The SMILES string of the molecule is O=C(Cn1cncn1)NN1C(=O)CSC1c1ccccc1[N+](=O)[O-]. The number of para-hydroxylation sites is 1. The Morgan fingerprint density at radius 2 is 2.25 bits per heavy atom. The lowest BCUT2D eigenvalue weighted by Gasteiger charge is -2.24. The van der Waals surface area contributed by atoms with E-state index in [0.717, 1.165) is 5.01 Å². The number of amides is 2. The highest BCUT2D eigenvalue weighted by Crippen LogP contribution is 2.40. The summed E-state index contributed by atoms with van der Waals surface area (Å²) in [6, 6.07) is 6.15. The first-order chi connectivity index (χ1) is 11.6. The zero-order valence-electron chi connectivity index (χ0n) is 12.2. The van der Waals surface area contributed by atoms with Gasteiger partial charge < -0.3 is 0 Å². The Labute approximate surface area is 140 Å². The molecule has 0 spiro atoms. The van der Waals surface area contributed by atoms with Crippen molar-refractivity contribution in [2.75, 3.05) is 5.75 Å². The van der Waals surface area contributed by atoms with Gasteiger partial charge in [-0.25, -0.2) is 14.7 Å². The summed E-state index contributed by atoms with van der Waals surface area (Å²) in [6.45, 7) is -0.113. The molecule has 1 aliphatic rings. The molecule has 1 fully saturated rings. The number of carbonyl (C=O) groups excluding carboxylic acids is 2. The molecule has 1 saturated heterocycles. The van der Waals surface area contributed by atoms with Gasteiger partial charge in [0.15, 0.2) is 0 Å². The maximum atomic E-state index is 12.1. The zero-order chi connectivity index (χ0) is 17.1. The molecule has 0 aliphatic carbocycles. The topological polar surface area (TPSA) is 123 Å². The molecule has 2 heterocycles. The van der Waals surface area contributed by atoms with Gasteiger partial charge in [-0.1, -0.05) is 12.1 Å². The van der Waals surface area contributed by atoms with Crippen LogP contribution in [0.3, 0.4) is 0 Å². The van der Waals surface area contributed by atoms with Crippen molar-refractivity contribution in [3.05, 3.63) is 52.6 Å². The van der Waals surface area contributed by atoms with E-state index >= 15 is 0 Å². The second-order valence-electron chi connectivity index (χ2n) is 4.87. The van der Waals surface area contributed by atoms with Crippen molar-refractivity contribution in [3.63, 3.8) is 0 Å². The number of carbonyl (C=O) groups is 2. The van der Waals surface area contributed by atoms with Crippen LogP contribution < -0.4 is 5.43 Å². The van der Waals surface area contributed by atoms with Crippen LogP contribution in [0, 0.1) is 10.1 Å². The van der Waals surface area contributed by atoms with E-state index in [2.05, 4.69) is 15.5 Å². The number of rotatable bonds is 5. The van der Waals surface area contributed by atoms with Crippen molar-refractivity contribution in [3.8, 4) is 0 Å². The number of hydrogen-bond donors (Lipinski definition) is 1. The number of hydrogen-bond acceptors (Lipinski definition) is 7. The number of benzene rings is 1. The fraction of sp³-hybridized carbons (Fsp3) is 0.231. The Bertz CT molecular complexity index is 781. The van der Waals surface area contributed by atoms with Crippen molar-refractivity contribution in [2.45, 2.75) is 11.9 Å². The first-order valence-corrected chi connectivity index (χ1v) is 7.90. The van der Waals surface area contributed by atoms with Gasteiger partial charge >= 0.3 is 0 Å². The van der Waals surface area contributed by atoms with Crippen LogP contribution >= 0.6 is 11.8 Å². The van der Waals surface area contributed by atoms with Gasteiger partial charge in [0.2, 0.25) is 0 Å². The molecular formula is C13H12N6O4S. The average Bonchev–Trinajstić information content (AvgIpc) is 3.18. The molecule has 1 N–H and O–H groups in total. The predicted octanol–water partition coefficient (Wildman–Crippen LogP) is 0.492. The normalized spacial score (nSPS) is 17.1. The van der Waals surface area contributed by atoms with E-state index in [9.17, 15) is 19.7 Å². The molecule has 1 aromatic heterocycles. The van der Waals surface area contributed by atoms with Crippen molar-refractivity contribution in [2.24, 2.45) is 0 Å². The van der Waals surface area contributed by atoms with E-state index in [1.807, 2.05) is 0 Å². The lowest BCUT2D eigenvalue weighted by molar-refractivity contribution is -0.385. The number of nitro groups is 1. The highest BCUT2D eigenvalue weighted by atomic mass is 32.2. The van der Waals surface area contributed by atoms with Crippen molar-refractivity contribution in [1.82, 2.24) is 25.2 Å². The van der Waals surface area contributed by atoms with Crippen LogP contribution in [-0.4, -0.2) is 42.3 Å². The van der Waals surface area contributed by atoms with Crippen LogP contribution in [0.25, 0.3) is 0 Å². The molecule has 1 atom stereocenters. The highest BCUT2D eigenvalue weighted by Gasteiger charge is 2.37. The van der Waals surface area contributed by atoms with Crippen LogP contribution in [0.15, 0.2) is 36.9 Å². The highest BCUT2D eigenvalue weighted by molar-refractivity contribution is 8.00. The predicted molar refractivity (Wildman–Crippen MR) is 83.3 cm³/mol. The summed E-state index contributed by atoms with van der Waals surface area (Å²) < 4.78 is 1.31. The zero-order valence-corrected chi connectivity index (χ0v) is 13.0. The Balaban J connectivity index is 1.80. The fourth-order valence-electron chi connectivity index (χ4n) is 2.27. The number of hydrazine groups is 1.